The van der Waals surface area contributed by atoms with Gasteiger partial charge < -0.3 is 5.73 Å². The summed E-state index contributed by atoms with van der Waals surface area (Å²) in [4.78, 5) is 2.41. The van der Waals surface area contributed by atoms with Crippen molar-refractivity contribution in [2.24, 2.45) is 5.73 Å². The third-order valence-electron chi connectivity index (χ3n) is 2.73. The van der Waals surface area contributed by atoms with Gasteiger partial charge in [-0.15, -0.1) is 11.3 Å². The lowest BCUT2D eigenvalue weighted by molar-refractivity contribution is 0.554. The van der Waals surface area contributed by atoms with Gasteiger partial charge in [-0.2, -0.15) is 0 Å². The number of thiophene rings is 1. The van der Waals surface area contributed by atoms with E-state index in [9.17, 15) is 8.42 Å². The first kappa shape index (κ1) is 16.6. The predicted molar refractivity (Wildman–Crippen MR) is 85.1 cm³/mol. The Bertz CT molecular complexity index is 537. The molecule has 0 saturated carbocycles. The van der Waals surface area contributed by atoms with Crippen molar-refractivity contribution in [3.8, 4) is 0 Å². The Hall–Kier alpha value is -0.500. The highest BCUT2D eigenvalue weighted by atomic mass is 32.2. The average molecular weight is 321 g/mol. The quantitative estimate of drug-likeness (QED) is 0.754. The van der Waals surface area contributed by atoms with Crippen molar-refractivity contribution >= 4 is 38.6 Å². The molecule has 0 aliphatic carbocycles. The lowest BCUT2D eigenvalue weighted by Gasteiger charge is -2.19. The Morgan fingerprint density at radius 2 is 2.16 bits per heavy atom. The predicted octanol–water partition coefficient (Wildman–Crippen LogP) is 1.97. The zero-order chi connectivity index (χ0) is 14.6. The van der Waals surface area contributed by atoms with Gasteiger partial charge in [-0.1, -0.05) is 19.1 Å². The van der Waals surface area contributed by atoms with Crippen LogP contribution >= 0.6 is 23.6 Å². The van der Waals surface area contributed by atoms with E-state index < -0.39 is 15.3 Å². The van der Waals surface area contributed by atoms with Crippen molar-refractivity contribution in [1.29, 1.82) is 0 Å². The summed E-state index contributed by atoms with van der Waals surface area (Å²) in [5, 5.41) is -0.796. The Kier molecular flexibility index (Phi) is 5.91. The summed E-state index contributed by atoms with van der Waals surface area (Å²) in [6, 6.07) is 3.88. The van der Waals surface area contributed by atoms with Gasteiger partial charge in [-0.05, 0) is 38.8 Å². The van der Waals surface area contributed by atoms with Gasteiger partial charge in [0.1, 0.15) is 5.25 Å². The molecule has 19 heavy (non-hydrogen) atoms. The van der Waals surface area contributed by atoms with Crippen LogP contribution < -0.4 is 10.5 Å². The number of hydrogen-bond donors (Lipinski definition) is 2. The number of nitrogens with one attached hydrogen (secondary N) is 1. The number of nitrogens with two attached hydrogens (primary N) is 1. The molecule has 3 N–H and O–H groups in total. The molecule has 0 amide bonds. The monoisotopic (exact) mass is 320 g/mol. The lowest BCUT2D eigenvalue weighted by atomic mass is 10.2. The molecule has 0 aliphatic heterocycles. The Morgan fingerprint density at radius 1 is 1.53 bits per heavy atom. The van der Waals surface area contributed by atoms with Gasteiger partial charge in [0.2, 0.25) is 10.0 Å². The maximum absolute atomic E-state index is 12.1. The van der Waals surface area contributed by atoms with Crippen molar-refractivity contribution in [3.63, 3.8) is 0 Å². The van der Waals surface area contributed by atoms with E-state index in [-0.39, 0.29) is 11.0 Å². The van der Waals surface area contributed by atoms with Crippen LogP contribution in [0.4, 0.5) is 0 Å². The smallest absolute Gasteiger partial charge is 0.221 e. The first-order valence-corrected chi connectivity index (χ1v) is 8.89. The molecule has 0 fully saturated rings. The first-order chi connectivity index (χ1) is 8.76. The number of aryl methyl sites for hydroxylation is 1. The average Bonchev–Trinajstić information content (AvgIpc) is 2.62. The van der Waals surface area contributed by atoms with Crippen LogP contribution in [0.15, 0.2) is 12.1 Å². The van der Waals surface area contributed by atoms with Gasteiger partial charge in [-0.25, -0.2) is 13.1 Å². The Labute approximate surface area is 124 Å². The van der Waals surface area contributed by atoms with Gasteiger partial charge in [0, 0.05) is 15.8 Å². The molecule has 0 bridgehead atoms. The van der Waals surface area contributed by atoms with E-state index in [1.165, 1.54) is 4.88 Å². The second-order valence-electron chi connectivity index (χ2n) is 4.58. The normalized spacial score (nSPS) is 15.1. The summed E-state index contributed by atoms with van der Waals surface area (Å²) < 4.78 is 26.9. The molecule has 0 saturated heterocycles. The van der Waals surface area contributed by atoms with Crippen LogP contribution in [0, 0.1) is 6.92 Å². The molecule has 2 atom stereocenters. The van der Waals surface area contributed by atoms with E-state index in [1.807, 2.05) is 26.0 Å². The second-order valence-corrected chi connectivity index (χ2v) is 8.32. The minimum Gasteiger partial charge on any atom is -0.392 e. The summed E-state index contributed by atoms with van der Waals surface area (Å²) in [6.07, 6.45) is 1.06. The van der Waals surface area contributed by atoms with E-state index in [0.717, 1.165) is 4.88 Å². The standard InChI is InChI=1S/C12H20N2O2S3/c1-4-11(12(13)17)19(15,16)14-8(2)7-10-6-5-9(3)18-10/h5-6,8,11,14H,4,7H2,1-3H3,(H2,13,17). The van der Waals surface area contributed by atoms with Crippen LogP contribution in [-0.2, 0) is 16.4 Å². The zero-order valence-corrected chi connectivity index (χ0v) is 13.8. The molecule has 0 radical (unpaired) electrons. The van der Waals surface area contributed by atoms with Gasteiger partial charge in [-0.3, -0.25) is 0 Å². The van der Waals surface area contributed by atoms with E-state index in [2.05, 4.69) is 4.72 Å². The molecule has 0 aliphatic rings. The summed E-state index contributed by atoms with van der Waals surface area (Å²) in [7, 11) is -3.50. The number of sulfonamides is 1. The molecule has 7 heteroatoms. The fourth-order valence-corrected chi connectivity index (χ4v) is 4.99. The van der Waals surface area contributed by atoms with Crippen LogP contribution in [0.2, 0.25) is 0 Å². The molecule has 1 rings (SSSR count). The molecule has 1 heterocycles. The fraction of sp³-hybridized carbons (Fsp3) is 0.583. The van der Waals surface area contributed by atoms with Crippen molar-refractivity contribution in [2.45, 2.75) is 44.9 Å². The van der Waals surface area contributed by atoms with Crippen molar-refractivity contribution in [2.75, 3.05) is 0 Å². The first-order valence-electron chi connectivity index (χ1n) is 6.12. The van der Waals surface area contributed by atoms with Crippen LogP contribution in [0.5, 0.6) is 0 Å². The molecule has 1 aromatic heterocycles. The third-order valence-corrected chi connectivity index (χ3v) is 6.26. The third kappa shape index (κ3) is 4.83. The minimum atomic E-state index is -3.50. The number of thiocarbonyl (C=S) groups is 1. The second kappa shape index (κ2) is 6.78. The molecule has 4 nitrogen and oxygen atoms in total. The van der Waals surface area contributed by atoms with Crippen LogP contribution in [0.1, 0.15) is 30.0 Å². The summed E-state index contributed by atoms with van der Waals surface area (Å²) in [5.41, 5.74) is 5.48. The van der Waals surface area contributed by atoms with Crippen molar-refractivity contribution in [3.05, 3.63) is 21.9 Å². The maximum Gasteiger partial charge on any atom is 0.221 e. The van der Waals surface area contributed by atoms with Gasteiger partial charge in [0.05, 0.1) is 4.99 Å². The van der Waals surface area contributed by atoms with Crippen molar-refractivity contribution < 1.29 is 8.42 Å². The zero-order valence-electron chi connectivity index (χ0n) is 11.3. The van der Waals surface area contributed by atoms with Crippen LogP contribution in [0.3, 0.4) is 0 Å². The fourth-order valence-electron chi connectivity index (χ4n) is 1.87. The summed E-state index contributed by atoms with van der Waals surface area (Å²) in [6.45, 7) is 5.64. The highest BCUT2D eigenvalue weighted by molar-refractivity contribution is 7.93. The largest absolute Gasteiger partial charge is 0.392 e. The van der Waals surface area contributed by atoms with Gasteiger partial charge in [0.25, 0.3) is 0 Å². The molecule has 2 unspecified atom stereocenters. The van der Waals surface area contributed by atoms with E-state index in [0.29, 0.717) is 12.8 Å². The van der Waals surface area contributed by atoms with Crippen molar-refractivity contribution in [1.82, 2.24) is 4.72 Å². The Balaban J connectivity index is 2.69. The molecule has 0 aromatic carbocycles. The molecular weight excluding hydrogens is 300 g/mol. The molecule has 108 valence electrons. The molecule has 1 aromatic rings. The minimum absolute atomic E-state index is 0.0224. The Morgan fingerprint density at radius 3 is 2.58 bits per heavy atom. The van der Waals surface area contributed by atoms with E-state index in [4.69, 9.17) is 18.0 Å². The highest BCUT2D eigenvalue weighted by Gasteiger charge is 2.27. The molecule has 0 spiro atoms. The summed E-state index contributed by atoms with van der Waals surface area (Å²) >= 11 is 6.49. The summed E-state index contributed by atoms with van der Waals surface area (Å²) in [5.74, 6) is 0. The van der Waals surface area contributed by atoms with Gasteiger partial charge in [0.15, 0.2) is 0 Å². The van der Waals surface area contributed by atoms with E-state index >= 15 is 0 Å². The SMILES string of the molecule is CCC(C(N)=S)S(=O)(=O)NC(C)Cc1ccc(C)s1. The van der Waals surface area contributed by atoms with Crippen LogP contribution in [-0.4, -0.2) is 24.7 Å². The topological polar surface area (TPSA) is 72.2 Å². The number of hydrogen-bond acceptors (Lipinski definition) is 4. The highest BCUT2D eigenvalue weighted by Crippen LogP contribution is 2.17. The van der Waals surface area contributed by atoms with Crippen LogP contribution in [0.25, 0.3) is 0 Å². The van der Waals surface area contributed by atoms with E-state index in [1.54, 1.807) is 18.3 Å². The number of rotatable bonds is 7. The molecular formula is C12H20N2O2S3. The van der Waals surface area contributed by atoms with Gasteiger partial charge >= 0.3 is 0 Å². The lowest BCUT2D eigenvalue weighted by Crippen LogP contribution is -2.45. The maximum atomic E-state index is 12.1.